The number of anilines is 4. The Hall–Kier alpha value is -9.91. The molecule has 0 radical (unpaired) electrons. The molecule has 25 heteroatoms. The van der Waals surface area contributed by atoms with Gasteiger partial charge in [0.2, 0.25) is 11.6 Å². The molecule has 0 saturated carbocycles. The van der Waals surface area contributed by atoms with Gasteiger partial charge in [-0.15, -0.1) is 0 Å². The van der Waals surface area contributed by atoms with E-state index >= 15 is 0 Å². The number of rotatable bonds is 29. The zero-order chi connectivity index (χ0) is 62.3. The minimum absolute atomic E-state index is 0.0206. The van der Waals surface area contributed by atoms with Gasteiger partial charge >= 0.3 is 0 Å². The number of imidazole rings is 2. The molecule has 0 unspecified atom stereocenters. The van der Waals surface area contributed by atoms with Crippen LogP contribution in [0.5, 0.6) is 0 Å². The number of hydrogen-bond acceptors (Lipinski definition) is 13. The number of carbonyl (C=O) groups excluding carboxylic acids is 9. The lowest BCUT2D eigenvalue weighted by molar-refractivity contribution is -0.118. The summed E-state index contributed by atoms with van der Waals surface area (Å²) in [6.07, 6.45) is 16.3. The fourth-order valence-corrected chi connectivity index (χ4v) is 10.4. The van der Waals surface area contributed by atoms with Crippen molar-refractivity contribution < 1.29 is 43.2 Å². The molecule has 0 spiro atoms. The van der Waals surface area contributed by atoms with Gasteiger partial charge in [-0.25, -0.2) is 9.97 Å². The predicted molar refractivity (Wildman–Crippen MR) is 323 cm³/mol. The van der Waals surface area contributed by atoms with Crippen molar-refractivity contribution in [2.45, 2.75) is 57.8 Å². The van der Waals surface area contributed by atoms with E-state index in [1.165, 1.54) is 27.6 Å². The highest BCUT2D eigenvalue weighted by molar-refractivity contribution is 6.07. The monoisotopic (exact) mass is 1170 g/mol. The van der Waals surface area contributed by atoms with Crippen LogP contribution in [0.15, 0.2) is 86.0 Å². The van der Waals surface area contributed by atoms with Crippen molar-refractivity contribution in [2.75, 3.05) is 55.5 Å². The van der Waals surface area contributed by atoms with Crippen molar-refractivity contribution in [3.05, 3.63) is 154 Å². The molecule has 5 N–H and O–H groups in total. The maximum Gasteiger partial charge on any atom is 0.292 e. The van der Waals surface area contributed by atoms with Crippen LogP contribution in [0.2, 0.25) is 0 Å². The van der Waals surface area contributed by atoms with Crippen molar-refractivity contribution in [1.29, 1.82) is 0 Å². The summed E-state index contributed by atoms with van der Waals surface area (Å²) in [5, 5.41) is 13.9. The Morgan fingerprint density at radius 1 is 0.407 bits per heavy atom. The third-order valence-corrected chi connectivity index (χ3v) is 14.7. The fourth-order valence-electron chi connectivity index (χ4n) is 10.4. The van der Waals surface area contributed by atoms with Crippen LogP contribution in [0.25, 0.3) is 0 Å². The van der Waals surface area contributed by atoms with Crippen LogP contribution in [0, 0.1) is 0 Å². The summed E-state index contributed by atoms with van der Waals surface area (Å²) in [7, 11) is 19.4. The molecule has 8 heterocycles. The normalized spacial score (nSPS) is 11.3. The molecule has 0 fully saturated rings. The van der Waals surface area contributed by atoms with Crippen LogP contribution in [-0.4, -0.2) is 138 Å². The lowest BCUT2D eigenvalue weighted by Crippen LogP contribution is -2.26. The van der Waals surface area contributed by atoms with E-state index in [1.54, 1.807) is 145 Å². The van der Waals surface area contributed by atoms with Crippen LogP contribution in [0.1, 0.15) is 139 Å². The van der Waals surface area contributed by atoms with E-state index in [4.69, 9.17) is 0 Å². The van der Waals surface area contributed by atoms with Crippen LogP contribution >= 0.6 is 0 Å². The van der Waals surface area contributed by atoms with E-state index < -0.39 is 23.6 Å². The number of aryl methyl sites for hydroxylation is 8. The average molecular weight is 1180 g/mol. The first-order chi connectivity index (χ1) is 40.8. The molecule has 4 amide bonds. The zero-order valence-electron chi connectivity index (χ0n) is 50.5. The predicted octanol–water partition coefficient (Wildman–Crippen LogP) is 5.50. The fraction of sp³-hybridized carbons (Fsp3) is 0.361. The Kier molecular flexibility index (Phi) is 19.3. The number of unbranched alkanes of at least 4 members (excludes halogenated alkanes) is 1. The number of ketones is 5. The maximum atomic E-state index is 13.6. The Balaban J connectivity index is 0.758. The highest BCUT2D eigenvalue weighted by Gasteiger charge is 2.24. The Bertz CT molecular complexity index is 3920. The number of carbonyl (C=O) groups is 9. The van der Waals surface area contributed by atoms with Crippen molar-refractivity contribution in [1.82, 2.24) is 56.7 Å². The van der Waals surface area contributed by atoms with Crippen molar-refractivity contribution in [3.63, 3.8) is 0 Å². The summed E-state index contributed by atoms with van der Waals surface area (Å²) in [5.41, 5.74) is 6.28. The molecule has 0 saturated heterocycles. The molecule has 0 aliphatic heterocycles. The van der Waals surface area contributed by atoms with Gasteiger partial charge in [0, 0.05) is 158 Å². The number of aromatic nitrogens is 10. The third-order valence-electron chi connectivity index (χ3n) is 14.7. The van der Waals surface area contributed by atoms with E-state index in [0.717, 1.165) is 30.6 Å². The summed E-state index contributed by atoms with van der Waals surface area (Å²) >= 11 is 0. The Morgan fingerprint density at radius 2 is 0.814 bits per heavy atom. The molecule has 8 aromatic rings. The van der Waals surface area contributed by atoms with Gasteiger partial charge in [0.1, 0.15) is 17.2 Å². The van der Waals surface area contributed by atoms with Crippen molar-refractivity contribution >= 4 is 75.6 Å². The SMILES string of the molecule is CNc1cc(C(=O)Nc2cn(C)c(C(=O)Nc3cn(C)c(C(=O)Nc4cc(C(=O)NCCCC(=O)Cc5cc(C(=O)Cc6cc(C(=O)Cc7cc(C(=O)Cc8cc(C(=O)CCCCN(C)C)n(C)c8)n(C)c7)n(C)c6)n(C)c5)n(C)c4)n3)n2)n(C)c1. The molecular formula is C61H74N16O9. The third kappa shape index (κ3) is 15.1. The second kappa shape index (κ2) is 26.8. The van der Waals surface area contributed by atoms with Gasteiger partial charge in [-0.2, -0.15) is 0 Å². The minimum Gasteiger partial charge on any atom is -0.387 e. The van der Waals surface area contributed by atoms with Crippen molar-refractivity contribution in [3.8, 4) is 0 Å². The molecule has 0 aliphatic rings. The van der Waals surface area contributed by atoms with Gasteiger partial charge in [-0.05, 0) is 98.6 Å². The molecule has 86 heavy (non-hydrogen) atoms. The number of nitrogens with zero attached hydrogens (tertiary/aromatic N) is 11. The quantitative estimate of drug-likeness (QED) is 0.0287. The Labute approximate surface area is 497 Å². The Morgan fingerprint density at radius 3 is 1.28 bits per heavy atom. The van der Waals surface area contributed by atoms with E-state index in [0.29, 0.717) is 63.7 Å². The van der Waals surface area contributed by atoms with Crippen LogP contribution in [-0.2, 0) is 86.9 Å². The highest BCUT2D eigenvalue weighted by Crippen LogP contribution is 2.22. The van der Waals surface area contributed by atoms with Crippen LogP contribution in [0.4, 0.5) is 23.0 Å². The molecule has 0 aromatic carbocycles. The number of hydrogen-bond donors (Lipinski definition) is 5. The minimum atomic E-state index is -0.634. The van der Waals surface area contributed by atoms with Crippen LogP contribution < -0.4 is 26.6 Å². The molecule has 8 rings (SSSR count). The number of nitrogens with one attached hydrogen (secondary N) is 5. The maximum absolute atomic E-state index is 13.6. The number of amides is 4. The van der Waals surface area contributed by atoms with E-state index in [9.17, 15) is 43.2 Å². The summed E-state index contributed by atoms with van der Waals surface area (Å²) in [4.78, 5) is 130. The van der Waals surface area contributed by atoms with Gasteiger partial charge in [0.05, 0.1) is 34.2 Å². The summed E-state index contributed by atoms with van der Waals surface area (Å²) in [5.74, 6) is -2.45. The highest BCUT2D eigenvalue weighted by atomic mass is 16.2. The first-order valence-electron chi connectivity index (χ1n) is 28.0. The van der Waals surface area contributed by atoms with Gasteiger partial charge in [-0.3, -0.25) is 43.2 Å². The van der Waals surface area contributed by atoms with Gasteiger partial charge in [0.25, 0.3) is 23.6 Å². The zero-order valence-corrected chi connectivity index (χ0v) is 50.5. The second-order valence-corrected chi connectivity index (χ2v) is 22.1. The molecule has 0 aliphatic carbocycles. The molecule has 0 atom stereocenters. The number of Topliss-reactive ketones (excluding diaryl/α,β-unsaturated/α-hetero) is 5. The largest absolute Gasteiger partial charge is 0.387 e. The lowest BCUT2D eigenvalue weighted by atomic mass is 10.1. The van der Waals surface area contributed by atoms with E-state index in [-0.39, 0.29) is 96.5 Å². The second-order valence-electron chi connectivity index (χ2n) is 22.1. The van der Waals surface area contributed by atoms with Gasteiger partial charge in [0.15, 0.2) is 34.8 Å². The smallest absolute Gasteiger partial charge is 0.292 e. The summed E-state index contributed by atoms with van der Waals surface area (Å²) in [6.45, 7) is 1.11. The summed E-state index contributed by atoms with van der Waals surface area (Å²) < 4.78 is 12.9. The average Bonchev–Trinajstić information content (AvgIpc) is 2.92. The molecule has 8 aromatic heterocycles. The molecule has 452 valence electrons. The topological polar surface area (TPSA) is 282 Å². The standard InChI is InChI=1S/C61H74N16O9/c1-62-41-27-49(74(8)33-41)59(84)67-54-35-77(11)57(65-54)61(86)68-55-36-76(10)56(66-55)60(85)64-42-28-48(75(9)34-42)58(83)63-17-14-15-43(78)19-37-20-45(71(5)29-37)51(80)25-39-22-47(73(7)31-39)53(82)26-40-23-46(72(6)32-40)52(81)24-38-21-44(70(4)30-38)50(79)16-12-13-18-69(2)3/h20-23,27-36,62H,12-19,24-26H2,1-11H3,(H,63,83)(H,64,85)(H,67,84)(H,68,86). The first kappa shape index (κ1) is 62.1. The molecular weight excluding hydrogens is 1100 g/mol. The van der Waals surface area contributed by atoms with Crippen molar-refractivity contribution in [2.24, 2.45) is 56.4 Å². The van der Waals surface area contributed by atoms with Gasteiger partial charge in [-0.1, -0.05) is 0 Å². The first-order valence-corrected chi connectivity index (χ1v) is 28.0. The summed E-state index contributed by atoms with van der Waals surface area (Å²) in [6, 6.07) is 10.1. The molecule has 0 bridgehead atoms. The van der Waals surface area contributed by atoms with Crippen LogP contribution in [0.3, 0.4) is 0 Å². The molecule has 25 nitrogen and oxygen atoms in total. The van der Waals surface area contributed by atoms with E-state index in [1.807, 2.05) is 27.3 Å². The van der Waals surface area contributed by atoms with Gasteiger partial charge < -0.3 is 68.0 Å². The lowest BCUT2D eigenvalue weighted by Gasteiger charge is -2.08. The van der Waals surface area contributed by atoms with E-state index in [2.05, 4.69) is 41.5 Å².